The Morgan fingerprint density at radius 2 is 1.88 bits per heavy atom. The van der Waals surface area contributed by atoms with Crippen molar-refractivity contribution >= 4 is 22.9 Å². The molecule has 0 aliphatic carbocycles. The molecule has 0 radical (unpaired) electrons. The quantitative estimate of drug-likeness (QED) is 0.575. The summed E-state index contributed by atoms with van der Waals surface area (Å²) in [6.07, 6.45) is -0.590. The van der Waals surface area contributed by atoms with Crippen LogP contribution in [-0.4, -0.2) is 38.6 Å². The number of halogens is 3. The minimum absolute atomic E-state index is 0.134. The van der Waals surface area contributed by atoms with Gasteiger partial charge in [0, 0.05) is 31.7 Å². The van der Waals surface area contributed by atoms with Gasteiger partial charge < -0.3 is 14.8 Å². The predicted molar refractivity (Wildman–Crippen MR) is 116 cm³/mol. The van der Waals surface area contributed by atoms with Gasteiger partial charge in [0.2, 0.25) is 0 Å². The number of imidazole rings is 1. The van der Waals surface area contributed by atoms with E-state index in [2.05, 4.69) is 28.7 Å². The number of rotatable bonds is 4. The zero-order chi connectivity index (χ0) is 22.9. The van der Waals surface area contributed by atoms with Crippen molar-refractivity contribution in [1.29, 1.82) is 0 Å². The van der Waals surface area contributed by atoms with Gasteiger partial charge in [-0.15, -0.1) is 0 Å². The highest BCUT2D eigenvalue weighted by Gasteiger charge is 2.34. The SMILES string of the molecule is CC(C)Cc1nc2cccnc2n1C1CCN(C(=O)Nc2ccccc2C(F)(F)F)CC1. The summed E-state index contributed by atoms with van der Waals surface area (Å²) in [6, 6.07) is 8.46. The van der Waals surface area contributed by atoms with Gasteiger partial charge in [-0.05, 0) is 43.0 Å². The Kier molecular flexibility index (Phi) is 6.08. The van der Waals surface area contributed by atoms with Crippen LogP contribution in [0.25, 0.3) is 11.2 Å². The molecule has 170 valence electrons. The average molecular weight is 445 g/mol. The van der Waals surface area contributed by atoms with Crippen LogP contribution in [0.15, 0.2) is 42.6 Å². The molecule has 0 saturated carbocycles. The Hall–Kier alpha value is -3.10. The fourth-order valence-corrected chi connectivity index (χ4v) is 4.23. The van der Waals surface area contributed by atoms with Crippen LogP contribution >= 0.6 is 0 Å². The van der Waals surface area contributed by atoms with Crippen LogP contribution in [-0.2, 0) is 12.6 Å². The van der Waals surface area contributed by atoms with Crippen LogP contribution in [0.3, 0.4) is 0 Å². The Morgan fingerprint density at radius 1 is 1.16 bits per heavy atom. The van der Waals surface area contributed by atoms with Crippen LogP contribution in [0.4, 0.5) is 23.7 Å². The maximum Gasteiger partial charge on any atom is 0.418 e. The number of piperidine rings is 1. The van der Waals surface area contributed by atoms with Crippen LogP contribution in [0.2, 0.25) is 0 Å². The number of alkyl halides is 3. The smallest absolute Gasteiger partial charge is 0.324 e. The summed E-state index contributed by atoms with van der Waals surface area (Å²) in [6.45, 7) is 5.17. The van der Waals surface area contributed by atoms with Crippen molar-refractivity contribution in [3.05, 3.63) is 54.0 Å². The Bertz CT molecular complexity index is 1100. The van der Waals surface area contributed by atoms with Gasteiger partial charge in [0.05, 0.1) is 11.3 Å². The van der Waals surface area contributed by atoms with E-state index in [1.165, 1.54) is 18.2 Å². The van der Waals surface area contributed by atoms with Crippen molar-refractivity contribution in [3.63, 3.8) is 0 Å². The molecule has 0 atom stereocenters. The summed E-state index contributed by atoms with van der Waals surface area (Å²) in [5.74, 6) is 1.42. The molecule has 2 amide bonds. The first-order chi connectivity index (χ1) is 15.2. The molecule has 3 heterocycles. The van der Waals surface area contributed by atoms with Gasteiger partial charge in [-0.3, -0.25) is 0 Å². The van der Waals surface area contributed by atoms with E-state index in [0.29, 0.717) is 31.8 Å². The van der Waals surface area contributed by atoms with Crippen molar-refractivity contribution in [2.75, 3.05) is 18.4 Å². The first-order valence-corrected chi connectivity index (χ1v) is 10.8. The number of urea groups is 1. The second kappa shape index (κ2) is 8.80. The lowest BCUT2D eigenvalue weighted by atomic mass is 10.0. The second-order valence-corrected chi connectivity index (χ2v) is 8.53. The van der Waals surface area contributed by atoms with E-state index in [1.54, 1.807) is 11.1 Å². The average Bonchev–Trinajstić information content (AvgIpc) is 3.10. The monoisotopic (exact) mass is 445 g/mol. The molecule has 6 nitrogen and oxygen atoms in total. The van der Waals surface area contributed by atoms with Gasteiger partial charge >= 0.3 is 12.2 Å². The molecule has 0 unspecified atom stereocenters. The number of carbonyl (C=O) groups excluding carboxylic acids is 1. The van der Waals surface area contributed by atoms with Crippen molar-refractivity contribution in [2.24, 2.45) is 5.92 Å². The third kappa shape index (κ3) is 4.56. The van der Waals surface area contributed by atoms with Gasteiger partial charge in [-0.1, -0.05) is 26.0 Å². The van der Waals surface area contributed by atoms with Crippen molar-refractivity contribution in [1.82, 2.24) is 19.4 Å². The van der Waals surface area contributed by atoms with Gasteiger partial charge in [0.1, 0.15) is 11.3 Å². The number of fused-ring (bicyclic) bond motifs is 1. The molecule has 0 bridgehead atoms. The lowest BCUT2D eigenvalue weighted by molar-refractivity contribution is -0.136. The highest BCUT2D eigenvalue weighted by atomic mass is 19.4. The third-order valence-electron chi connectivity index (χ3n) is 5.70. The van der Waals surface area contributed by atoms with Crippen LogP contribution in [0, 0.1) is 5.92 Å². The molecular weight excluding hydrogens is 419 g/mol. The fraction of sp³-hybridized carbons (Fsp3) is 0.435. The van der Waals surface area contributed by atoms with Gasteiger partial charge in [0.25, 0.3) is 0 Å². The van der Waals surface area contributed by atoms with Crippen molar-refractivity contribution in [3.8, 4) is 0 Å². The maximum absolute atomic E-state index is 13.2. The molecular formula is C23H26F3N5O. The predicted octanol–water partition coefficient (Wildman–Crippen LogP) is 5.52. The molecule has 1 fully saturated rings. The number of benzene rings is 1. The van der Waals surface area contributed by atoms with E-state index in [1.807, 2.05) is 12.1 Å². The second-order valence-electron chi connectivity index (χ2n) is 8.53. The van der Waals surface area contributed by atoms with Gasteiger partial charge in [-0.2, -0.15) is 13.2 Å². The maximum atomic E-state index is 13.2. The van der Waals surface area contributed by atoms with Crippen LogP contribution < -0.4 is 5.32 Å². The molecule has 1 aliphatic heterocycles. The van der Waals surface area contributed by atoms with E-state index in [4.69, 9.17) is 4.98 Å². The molecule has 0 spiro atoms. The number of hydrogen-bond donors (Lipinski definition) is 1. The minimum atomic E-state index is -4.53. The summed E-state index contributed by atoms with van der Waals surface area (Å²) in [4.78, 5) is 23.5. The number of hydrogen-bond acceptors (Lipinski definition) is 3. The van der Waals surface area contributed by atoms with E-state index in [0.717, 1.165) is 29.5 Å². The van der Waals surface area contributed by atoms with E-state index in [-0.39, 0.29) is 11.7 Å². The minimum Gasteiger partial charge on any atom is -0.324 e. The van der Waals surface area contributed by atoms with E-state index < -0.39 is 17.8 Å². The topological polar surface area (TPSA) is 63.1 Å². The number of nitrogens with zero attached hydrogens (tertiary/aromatic N) is 4. The standard InChI is InChI=1S/C23H26F3N5O/c1-15(2)14-20-28-19-8-5-11-27-21(19)31(20)16-9-12-30(13-10-16)22(32)29-18-7-4-3-6-17(18)23(24,25)26/h3-8,11,15-16H,9-10,12-14H2,1-2H3,(H,29,32). The Morgan fingerprint density at radius 3 is 2.56 bits per heavy atom. The molecule has 9 heteroatoms. The fourth-order valence-electron chi connectivity index (χ4n) is 4.23. The molecule has 1 aromatic carbocycles. The third-order valence-corrected chi connectivity index (χ3v) is 5.70. The highest BCUT2D eigenvalue weighted by Crippen LogP contribution is 2.35. The Labute approximate surface area is 184 Å². The van der Waals surface area contributed by atoms with Crippen LogP contribution in [0.5, 0.6) is 0 Å². The number of likely N-dealkylation sites (tertiary alicyclic amines) is 1. The number of carbonyl (C=O) groups is 1. The Balaban J connectivity index is 1.48. The normalized spacial score (nSPS) is 15.5. The summed E-state index contributed by atoms with van der Waals surface area (Å²) in [5, 5.41) is 2.44. The molecule has 4 rings (SSSR count). The number of para-hydroxylation sites is 1. The molecule has 1 aliphatic rings. The molecule has 1 saturated heterocycles. The zero-order valence-electron chi connectivity index (χ0n) is 18.1. The van der Waals surface area contributed by atoms with Gasteiger partial charge in [-0.25, -0.2) is 14.8 Å². The lowest BCUT2D eigenvalue weighted by Gasteiger charge is -2.33. The first kappa shape index (κ1) is 22.1. The number of nitrogens with one attached hydrogen (secondary N) is 1. The molecule has 32 heavy (non-hydrogen) atoms. The number of anilines is 1. The molecule has 2 aromatic heterocycles. The summed E-state index contributed by atoms with van der Waals surface area (Å²) in [7, 11) is 0. The van der Waals surface area contributed by atoms with Crippen molar-refractivity contribution in [2.45, 2.75) is 45.3 Å². The van der Waals surface area contributed by atoms with Gasteiger partial charge in [0.15, 0.2) is 5.65 Å². The summed E-state index contributed by atoms with van der Waals surface area (Å²) in [5.41, 5.74) is 0.617. The van der Waals surface area contributed by atoms with Crippen molar-refractivity contribution < 1.29 is 18.0 Å². The highest BCUT2D eigenvalue weighted by molar-refractivity contribution is 5.90. The van der Waals surface area contributed by atoms with E-state index in [9.17, 15) is 18.0 Å². The largest absolute Gasteiger partial charge is 0.418 e. The zero-order valence-corrected chi connectivity index (χ0v) is 18.1. The lowest BCUT2D eigenvalue weighted by Crippen LogP contribution is -2.42. The molecule has 1 N–H and O–H groups in total. The summed E-state index contributed by atoms with van der Waals surface area (Å²) < 4.78 is 41.9. The molecule has 3 aromatic rings. The number of amides is 2. The summed E-state index contributed by atoms with van der Waals surface area (Å²) >= 11 is 0. The first-order valence-electron chi connectivity index (χ1n) is 10.8. The number of aromatic nitrogens is 3. The van der Waals surface area contributed by atoms with E-state index >= 15 is 0 Å². The van der Waals surface area contributed by atoms with Crippen LogP contribution in [0.1, 0.15) is 44.1 Å². The number of pyridine rings is 1.